The second-order valence-electron chi connectivity index (χ2n) is 2.74. The van der Waals surface area contributed by atoms with Crippen molar-refractivity contribution >= 4 is 6.47 Å². The summed E-state index contributed by atoms with van der Waals surface area (Å²) < 4.78 is 4.15. The van der Waals surface area contributed by atoms with E-state index in [4.69, 9.17) is 0 Å². The van der Waals surface area contributed by atoms with Crippen molar-refractivity contribution in [3.8, 4) is 0 Å². The molecule has 4 nitrogen and oxygen atoms in total. The molecule has 1 rings (SSSR count). The third kappa shape index (κ3) is 7.74. The van der Waals surface area contributed by atoms with Gasteiger partial charge in [0.1, 0.15) is 0 Å². The number of ether oxygens (including phenoxy) is 1. The first-order valence-electron chi connectivity index (χ1n) is 4.83. The minimum absolute atomic E-state index is 0.431. The van der Waals surface area contributed by atoms with Crippen LogP contribution in [0.5, 0.6) is 0 Å². The molecular formula is C9H20N2O2. The van der Waals surface area contributed by atoms with Crippen LogP contribution >= 0.6 is 0 Å². The summed E-state index contributed by atoms with van der Waals surface area (Å²) in [5, 5.41) is 3.31. The first kappa shape index (κ1) is 12.4. The summed E-state index contributed by atoms with van der Waals surface area (Å²) in [6.07, 6.45) is 0. The van der Waals surface area contributed by atoms with Crippen molar-refractivity contribution in [3.05, 3.63) is 0 Å². The van der Waals surface area contributed by atoms with E-state index in [1.165, 1.54) is 32.7 Å². The standard InChI is InChI=1S/C6H14N2.C3H6O2/c1-2-8-5-3-7-4-6-8;1-2-5-3-4/h7H,2-6H2,1H3;3H,2H2,1H3. The number of carbonyl (C=O) groups excluding carboxylic acids is 1. The predicted octanol–water partition coefficient (Wildman–Crippen LogP) is 0.0908. The van der Waals surface area contributed by atoms with Crippen molar-refractivity contribution in [2.24, 2.45) is 0 Å². The number of carbonyl (C=O) groups is 1. The van der Waals surface area contributed by atoms with Crippen LogP contribution in [0.15, 0.2) is 0 Å². The van der Waals surface area contributed by atoms with Crippen LogP contribution in [0.1, 0.15) is 13.8 Å². The second-order valence-corrected chi connectivity index (χ2v) is 2.74. The van der Waals surface area contributed by atoms with E-state index in [2.05, 4.69) is 21.9 Å². The van der Waals surface area contributed by atoms with Crippen LogP contribution in [-0.4, -0.2) is 50.7 Å². The summed E-state index contributed by atoms with van der Waals surface area (Å²) in [5.74, 6) is 0. The summed E-state index contributed by atoms with van der Waals surface area (Å²) in [7, 11) is 0. The molecule has 1 N–H and O–H groups in total. The summed E-state index contributed by atoms with van der Waals surface area (Å²) in [6, 6.07) is 0. The Hall–Kier alpha value is -0.610. The molecule has 1 aliphatic rings. The fourth-order valence-corrected chi connectivity index (χ4v) is 1.10. The summed E-state index contributed by atoms with van der Waals surface area (Å²) in [5.41, 5.74) is 0. The van der Waals surface area contributed by atoms with E-state index in [1.54, 1.807) is 6.92 Å². The van der Waals surface area contributed by atoms with E-state index in [-0.39, 0.29) is 0 Å². The Labute approximate surface area is 80.2 Å². The Kier molecular flexibility index (Phi) is 9.03. The second kappa shape index (κ2) is 9.48. The Morgan fingerprint density at radius 1 is 1.38 bits per heavy atom. The van der Waals surface area contributed by atoms with Gasteiger partial charge in [0, 0.05) is 26.2 Å². The fraction of sp³-hybridized carbons (Fsp3) is 0.889. The lowest BCUT2D eigenvalue weighted by Gasteiger charge is -2.25. The van der Waals surface area contributed by atoms with E-state index in [9.17, 15) is 4.79 Å². The summed E-state index contributed by atoms with van der Waals surface area (Å²) in [4.78, 5) is 11.6. The molecule has 78 valence electrons. The monoisotopic (exact) mass is 188 g/mol. The third-order valence-corrected chi connectivity index (χ3v) is 1.89. The minimum atomic E-state index is 0.431. The van der Waals surface area contributed by atoms with Gasteiger partial charge in [-0.3, -0.25) is 4.79 Å². The van der Waals surface area contributed by atoms with E-state index >= 15 is 0 Å². The molecule has 0 amide bonds. The van der Waals surface area contributed by atoms with Crippen LogP contribution in [0.25, 0.3) is 0 Å². The Bertz CT molecular complexity index is 114. The van der Waals surface area contributed by atoms with Crippen LogP contribution in [0.2, 0.25) is 0 Å². The highest BCUT2D eigenvalue weighted by Crippen LogP contribution is 1.88. The molecule has 1 fully saturated rings. The normalized spacial score (nSPS) is 17.1. The molecule has 0 aromatic heterocycles. The third-order valence-electron chi connectivity index (χ3n) is 1.89. The highest BCUT2D eigenvalue weighted by atomic mass is 16.5. The molecule has 0 radical (unpaired) electrons. The zero-order valence-electron chi connectivity index (χ0n) is 8.58. The number of nitrogens with zero attached hydrogens (tertiary/aromatic N) is 1. The van der Waals surface area contributed by atoms with Gasteiger partial charge in [-0.1, -0.05) is 6.92 Å². The van der Waals surface area contributed by atoms with Crippen molar-refractivity contribution in [1.82, 2.24) is 10.2 Å². The Balaban J connectivity index is 0.000000252. The lowest BCUT2D eigenvalue weighted by atomic mass is 10.4. The van der Waals surface area contributed by atoms with Crippen LogP contribution in [0.3, 0.4) is 0 Å². The number of rotatable bonds is 3. The van der Waals surface area contributed by atoms with Gasteiger partial charge in [-0.15, -0.1) is 0 Å². The number of likely N-dealkylation sites (N-methyl/N-ethyl adjacent to an activating group) is 1. The molecule has 0 aliphatic carbocycles. The highest BCUT2D eigenvalue weighted by Gasteiger charge is 2.04. The molecule has 0 unspecified atom stereocenters. The van der Waals surface area contributed by atoms with E-state index < -0.39 is 0 Å². The molecule has 13 heavy (non-hydrogen) atoms. The maximum absolute atomic E-state index is 9.18. The van der Waals surface area contributed by atoms with E-state index in [0.717, 1.165) is 0 Å². The number of hydrogen-bond donors (Lipinski definition) is 1. The maximum atomic E-state index is 9.18. The molecule has 1 heterocycles. The number of nitrogens with one attached hydrogen (secondary N) is 1. The molecule has 0 aromatic rings. The van der Waals surface area contributed by atoms with Gasteiger partial charge in [-0.2, -0.15) is 0 Å². The van der Waals surface area contributed by atoms with Crippen molar-refractivity contribution in [2.45, 2.75) is 13.8 Å². The number of hydrogen-bond acceptors (Lipinski definition) is 4. The van der Waals surface area contributed by atoms with Crippen LogP contribution in [0, 0.1) is 0 Å². The average Bonchev–Trinajstić information content (AvgIpc) is 2.21. The van der Waals surface area contributed by atoms with Gasteiger partial charge in [0.05, 0.1) is 6.61 Å². The minimum Gasteiger partial charge on any atom is -0.468 e. The SMILES string of the molecule is CCN1CCNCC1.CCOC=O. The molecule has 4 heteroatoms. The topological polar surface area (TPSA) is 41.6 Å². The molecule has 1 saturated heterocycles. The zero-order valence-corrected chi connectivity index (χ0v) is 8.58. The predicted molar refractivity (Wildman–Crippen MR) is 52.7 cm³/mol. The quantitative estimate of drug-likeness (QED) is 0.637. The highest BCUT2D eigenvalue weighted by molar-refractivity contribution is 5.36. The fourth-order valence-electron chi connectivity index (χ4n) is 1.10. The van der Waals surface area contributed by atoms with Crippen molar-refractivity contribution in [1.29, 1.82) is 0 Å². The van der Waals surface area contributed by atoms with Crippen LogP contribution in [-0.2, 0) is 9.53 Å². The summed E-state index contributed by atoms with van der Waals surface area (Å²) in [6.45, 7) is 10.9. The van der Waals surface area contributed by atoms with E-state index in [0.29, 0.717) is 13.1 Å². The summed E-state index contributed by atoms with van der Waals surface area (Å²) >= 11 is 0. The van der Waals surface area contributed by atoms with Crippen LogP contribution in [0.4, 0.5) is 0 Å². The van der Waals surface area contributed by atoms with Gasteiger partial charge in [0.2, 0.25) is 0 Å². The molecule has 1 aliphatic heterocycles. The zero-order chi connectivity index (χ0) is 9.94. The molecule has 0 bridgehead atoms. The molecular weight excluding hydrogens is 168 g/mol. The molecule has 0 aromatic carbocycles. The first-order chi connectivity index (χ1) is 6.35. The Morgan fingerprint density at radius 2 is 2.00 bits per heavy atom. The largest absolute Gasteiger partial charge is 0.468 e. The van der Waals surface area contributed by atoms with E-state index in [1.807, 2.05) is 0 Å². The van der Waals surface area contributed by atoms with Crippen molar-refractivity contribution in [3.63, 3.8) is 0 Å². The van der Waals surface area contributed by atoms with Gasteiger partial charge in [0.25, 0.3) is 6.47 Å². The smallest absolute Gasteiger partial charge is 0.293 e. The van der Waals surface area contributed by atoms with Gasteiger partial charge >= 0.3 is 0 Å². The van der Waals surface area contributed by atoms with Gasteiger partial charge in [-0.25, -0.2) is 0 Å². The van der Waals surface area contributed by atoms with Gasteiger partial charge < -0.3 is 15.0 Å². The maximum Gasteiger partial charge on any atom is 0.293 e. The van der Waals surface area contributed by atoms with Gasteiger partial charge in [-0.05, 0) is 13.5 Å². The first-order valence-corrected chi connectivity index (χ1v) is 4.83. The van der Waals surface area contributed by atoms with Crippen molar-refractivity contribution in [2.75, 3.05) is 39.3 Å². The average molecular weight is 188 g/mol. The molecule has 0 spiro atoms. The Morgan fingerprint density at radius 3 is 2.23 bits per heavy atom. The lowest BCUT2D eigenvalue weighted by molar-refractivity contribution is -0.128. The lowest BCUT2D eigenvalue weighted by Crippen LogP contribution is -2.43. The van der Waals surface area contributed by atoms with Crippen molar-refractivity contribution < 1.29 is 9.53 Å². The molecule has 0 atom stereocenters. The number of piperazine rings is 1. The van der Waals surface area contributed by atoms with Gasteiger partial charge in [0.15, 0.2) is 0 Å². The molecule has 0 saturated carbocycles. The van der Waals surface area contributed by atoms with Crippen LogP contribution < -0.4 is 5.32 Å².